The van der Waals surface area contributed by atoms with Crippen LogP contribution >= 0.6 is 0 Å². The van der Waals surface area contributed by atoms with Crippen LogP contribution in [0.2, 0.25) is 0 Å². The van der Waals surface area contributed by atoms with E-state index in [0.29, 0.717) is 0 Å². The van der Waals surface area contributed by atoms with Crippen molar-refractivity contribution in [2.75, 3.05) is 0 Å². The van der Waals surface area contributed by atoms with Crippen LogP contribution in [0.5, 0.6) is 0 Å². The van der Waals surface area contributed by atoms with Crippen molar-refractivity contribution in [1.82, 2.24) is 9.97 Å². The normalized spacial score (nSPS) is 10.4. The highest BCUT2D eigenvalue weighted by Gasteiger charge is 2.05. The first-order valence-corrected chi connectivity index (χ1v) is 6.09. The Morgan fingerprint density at radius 1 is 1.00 bits per heavy atom. The molecule has 2 heterocycles. The molecule has 0 bridgehead atoms. The molecule has 0 unspecified atom stereocenters. The quantitative estimate of drug-likeness (QED) is 0.606. The third kappa shape index (κ3) is 1.91. The van der Waals surface area contributed by atoms with Gasteiger partial charge in [-0.25, -0.2) is 0 Å². The molecule has 1 aromatic carbocycles. The van der Waals surface area contributed by atoms with Crippen LogP contribution in [0.1, 0.15) is 25.1 Å². The number of benzene rings is 1. The van der Waals surface area contributed by atoms with Gasteiger partial charge >= 0.3 is 0 Å². The van der Waals surface area contributed by atoms with Crippen molar-refractivity contribution < 1.29 is 0 Å². The lowest BCUT2D eigenvalue weighted by Crippen LogP contribution is -1.79. The van der Waals surface area contributed by atoms with Gasteiger partial charge in [-0.3, -0.25) is 4.98 Å². The molecule has 0 radical (unpaired) electrons. The molecule has 2 nitrogen and oxygen atoms in total. The van der Waals surface area contributed by atoms with Gasteiger partial charge in [0.1, 0.15) is 0 Å². The van der Waals surface area contributed by atoms with Crippen molar-refractivity contribution in [2.24, 2.45) is 0 Å². The fourth-order valence-electron chi connectivity index (χ4n) is 2.08. The maximum atomic E-state index is 4.29. The first-order valence-electron chi connectivity index (χ1n) is 6.09. The van der Waals surface area contributed by atoms with Gasteiger partial charge < -0.3 is 4.98 Å². The average Bonchev–Trinajstić information content (AvgIpc) is 2.71. The standard InChI is InChI=1S/C13H12N2.C2H6/c1-8-3-4-10-11-5-6-14-9(2)13(11)15-12(10)7-8;1-2/h3-7,15H,1-2H3;1-2H3. The highest BCUT2D eigenvalue weighted by Crippen LogP contribution is 2.26. The Morgan fingerprint density at radius 2 is 1.76 bits per heavy atom. The zero-order valence-electron chi connectivity index (χ0n) is 10.8. The second kappa shape index (κ2) is 4.58. The number of hydrogen-bond acceptors (Lipinski definition) is 1. The molecule has 0 fully saturated rings. The highest BCUT2D eigenvalue weighted by molar-refractivity contribution is 6.07. The molecule has 17 heavy (non-hydrogen) atoms. The minimum Gasteiger partial charge on any atom is -0.353 e. The first kappa shape index (κ1) is 11.6. The predicted molar refractivity (Wildman–Crippen MR) is 74.4 cm³/mol. The Morgan fingerprint density at radius 3 is 2.53 bits per heavy atom. The third-order valence-corrected chi connectivity index (χ3v) is 2.87. The van der Waals surface area contributed by atoms with Crippen LogP contribution in [0.4, 0.5) is 0 Å². The van der Waals surface area contributed by atoms with Crippen LogP contribution in [0.25, 0.3) is 21.8 Å². The van der Waals surface area contributed by atoms with Crippen molar-refractivity contribution in [3.63, 3.8) is 0 Å². The molecule has 0 spiro atoms. The average molecular weight is 226 g/mol. The number of fused-ring (bicyclic) bond motifs is 3. The number of aryl methyl sites for hydroxylation is 2. The van der Waals surface area contributed by atoms with E-state index in [9.17, 15) is 0 Å². The molecular weight excluding hydrogens is 208 g/mol. The number of hydrogen-bond donors (Lipinski definition) is 1. The van der Waals surface area contributed by atoms with Crippen LogP contribution in [0.3, 0.4) is 0 Å². The van der Waals surface area contributed by atoms with Crippen LogP contribution in [-0.2, 0) is 0 Å². The minimum atomic E-state index is 1.06. The molecule has 0 saturated heterocycles. The van der Waals surface area contributed by atoms with E-state index < -0.39 is 0 Å². The van der Waals surface area contributed by atoms with Crippen LogP contribution in [0, 0.1) is 13.8 Å². The lowest BCUT2D eigenvalue weighted by Gasteiger charge is -1.93. The van der Waals surface area contributed by atoms with Crippen molar-refractivity contribution in [3.8, 4) is 0 Å². The maximum absolute atomic E-state index is 4.29. The highest BCUT2D eigenvalue weighted by atomic mass is 14.8. The monoisotopic (exact) mass is 226 g/mol. The summed E-state index contributed by atoms with van der Waals surface area (Å²) in [5, 5.41) is 2.54. The number of nitrogens with zero attached hydrogens (tertiary/aromatic N) is 1. The number of aromatic nitrogens is 2. The number of aromatic amines is 1. The van der Waals surface area contributed by atoms with Gasteiger partial charge in [0, 0.05) is 22.5 Å². The largest absolute Gasteiger partial charge is 0.353 e. The molecule has 3 aromatic rings. The van der Waals surface area contributed by atoms with Crippen LogP contribution < -0.4 is 0 Å². The first-order chi connectivity index (χ1) is 8.25. The smallest absolute Gasteiger partial charge is 0.0681 e. The van der Waals surface area contributed by atoms with E-state index in [0.717, 1.165) is 11.2 Å². The Balaban J connectivity index is 0.000000514. The summed E-state index contributed by atoms with van der Waals surface area (Å²) >= 11 is 0. The lowest BCUT2D eigenvalue weighted by molar-refractivity contribution is 1.22. The predicted octanol–water partition coefficient (Wildman–Crippen LogP) is 4.36. The molecule has 0 aliphatic rings. The van der Waals surface area contributed by atoms with Gasteiger partial charge in [0.05, 0.1) is 11.2 Å². The fraction of sp³-hybridized carbons (Fsp3) is 0.267. The topological polar surface area (TPSA) is 28.7 Å². The van der Waals surface area contributed by atoms with Gasteiger partial charge in [-0.2, -0.15) is 0 Å². The molecule has 1 N–H and O–H groups in total. The summed E-state index contributed by atoms with van der Waals surface area (Å²) in [6.45, 7) is 8.14. The summed E-state index contributed by atoms with van der Waals surface area (Å²) in [4.78, 5) is 7.72. The van der Waals surface area contributed by atoms with Gasteiger partial charge in [-0.15, -0.1) is 0 Å². The molecule has 0 aliphatic heterocycles. The second-order valence-electron chi connectivity index (χ2n) is 3.99. The molecule has 0 atom stereocenters. The Bertz CT molecular complexity index is 650. The SMILES string of the molecule is CC.Cc1ccc2c(c1)[nH]c1c(C)nccc12. The van der Waals surface area contributed by atoms with E-state index in [1.165, 1.54) is 21.9 Å². The van der Waals surface area contributed by atoms with Crippen molar-refractivity contribution in [3.05, 3.63) is 41.7 Å². The lowest BCUT2D eigenvalue weighted by atomic mass is 10.1. The van der Waals surface area contributed by atoms with Gasteiger partial charge in [-0.1, -0.05) is 26.0 Å². The van der Waals surface area contributed by atoms with Crippen molar-refractivity contribution in [1.29, 1.82) is 0 Å². The van der Waals surface area contributed by atoms with Crippen LogP contribution in [-0.4, -0.2) is 9.97 Å². The Kier molecular flexibility index (Phi) is 3.14. The summed E-state index contributed by atoms with van der Waals surface area (Å²) in [6.07, 6.45) is 1.87. The minimum absolute atomic E-state index is 1.06. The van der Waals surface area contributed by atoms with E-state index in [1.54, 1.807) is 0 Å². The van der Waals surface area contributed by atoms with E-state index in [2.05, 4.69) is 41.2 Å². The molecule has 2 aromatic heterocycles. The molecule has 2 heteroatoms. The summed E-state index contributed by atoms with van der Waals surface area (Å²) in [5.41, 5.74) is 4.68. The number of rotatable bonds is 0. The number of pyridine rings is 1. The van der Waals surface area contributed by atoms with E-state index in [4.69, 9.17) is 0 Å². The zero-order valence-corrected chi connectivity index (χ0v) is 10.8. The van der Waals surface area contributed by atoms with Gasteiger partial charge in [-0.05, 0) is 31.5 Å². The van der Waals surface area contributed by atoms with E-state index in [1.807, 2.05) is 27.0 Å². The summed E-state index contributed by atoms with van der Waals surface area (Å²) in [6, 6.07) is 8.56. The van der Waals surface area contributed by atoms with Crippen LogP contribution in [0.15, 0.2) is 30.5 Å². The van der Waals surface area contributed by atoms with Gasteiger partial charge in [0.15, 0.2) is 0 Å². The molecular formula is C15H18N2. The van der Waals surface area contributed by atoms with Crippen molar-refractivity contribution >= 4 is 21.8 Å². The molecule has 88 valence electrons. The van der Waals surface area contributed by atoms with Crippen molar-refractivity contribution in [2.45, 2.75) is 27.7 Å². The zero-order chi connectivity index (χ0) is 12.4. The van der Waals surface area contributed by atoms with E-state index in [-0.39, 0.29) is 0 Å². The summed E-state index contributed by atoms with van der Waals surface area (Å²) in [5.74, 6) is 0. The molecule has 3 rings (SSSR count). The van der Waals surface area contributed by atoms with Gasteiger partial charge in [0.2, 0.25) is 0 Å². The number of nitrogens with one attached hydrogen (secondary N) is 1. The third-order valence-electron chi connectivity index (χ3n) is 2.87. The second-order valence-corrected chi connectivity index (χ2v) is 3.99. The van der Waals surface area contributed by atoms with E-state index >= 15 is 0 Å². The number of H-pyrrole nitrogens is 1. The molecule has 0 aliphatic carbocycles. The Labute approximate surface area is 102 Å². The Hall–Kier alpha value is -1.83. The summed E-state index contributed by atoms with van der Waals surface area (Å²) < 4.78 is 0. The molecule has 0 amide bonds. The maximum Gasteiger partial charge on any atom is 0.0681 e. The summed E-state index contributed by atoms with van der Waals surface area (Å²) in [7, 11) is 0. The fourth-order valence-corrected chi connectivity index (χ4v) is 2.08. The van der Waals surface area contributed by atoms with Gasteiger partial charge in [0.25, 0.3) is 0 Å². The molecule has 0 saturated carbocycles.